The van der Waals surface area contributed by atoms with Gasteiger partial charge in [-0.05, 0) is 30.9 Å². The fourth-order valence-electron chi connectivity index (χ4n) is 2.76. The monoisotopic (exact) mass is 482 g/mol. The first-order valence-corrected chi connectivity index (χ1v) is 11.6. The predicted octanol–water partition coefficient (Wildman–Crippen LogP) is -0.657. The second kappa shape index (κ2) is 14.1. The summed E-state index contributed by atoms with van der Waals surface area (Å²) in [5.74, 6) is -4.30. The first-order valence-electron chi connectivity index (χ1n) is 10.2. The Labute approximate surface area is 195 Å². The molecular weight excluding hydrogens is 452 g/mol. The van der Waals surface area contributed by atoms with Gasteiger partial charge < -0.3 is 31.9 Å². The van der Waals surface area contributed by atoms with Gasteiger partial charge in [-0.25, -0.2) is 4.79 Å². The highest BCUT2D eigenvalue weighted by atomic mass is 32.2. The van der Waals surface area contributed by atoms with Gasteiger partial charge in [0, 0.05) is 6.42 Å². The van der Waals surface area contributed by atoms with Crippen molar-refractivity contribution < 1.29 is 34.2 Å². The van der Waals surface area contributed by atoms with Crippen molar-refractivity contribution >= 4 is 41.4 Å². The van der Waals surface area contributed by atoms with Crippen LogP contribution in [0.25, 0.3) is 0 Å². The molecule has 7 N–H and O–H groups in total. The number of hydrogen-bond donors (Lipinski definition) is 6. The van der Waals surface area contributed by atoms with Crippen LogP contribution in [0.4, 0.5) is 0 Å². The molecule has 0 fully saturated rings. The number of carboxylic acid groups (broad SMARTS) is 2. The standard InChI is InChI=1S/C21H30N4O7S/c1-12(18(28)25-16(21(31)32)11-17(26)27)23-20(30)15(10-13-6-4-3-5-7-13)24-19(29)14(22)8-9-33-2/h3-7,12,14-16H,8-11,22H2,1-2H3,(H,23,30)(H,24,29)(H,25,28)(H,26,27)(H,31,32). The van der Waals surface area contributed by atoms with Crippen LogP contribution in [0.2, 0.25) is 0 Å². The van der Waals surface area contributed by atoms with Crippen molar-refractivity contribution in [1.82, 2.24) is 16.0 Å². The Kier molecular flexibility index (Phi) is 11.9. The molecule has 12 heteroatoms. The average Bonchev–Trinajstić information content (AvgIpc) is 2.76. The maximum absolute atomic E-state index is 12.9. The lowest BCUT2D eigenvalue weighted by atomic mass is 10.0. The molecule has 11 nitrogen and oxygen atoms in total. The number of rotatable bonds is 14. The van der Waals surface area contributed by atoms with E-state index < -0.39 is 60.2 Å². The van der Waals surface area contributed by atoms with Gasteiger partial charge >= 0.3 is 11.9 Å². The molecule has 0 saturated carbocycles. The molecule has 4 unspecified atom stereocenters. The van der Waals surface area contributed by atoms with E-state index in [0.717, 1.165) is 5.56 Å². The average molecular weight is 483 g/mol. The van der Waals surface area contributed by atoms with Crippen LogP contribution in [0, 0.1) is 0 Å². The number of aliphatic carboxylic acids is 2. The minimum atomic E-state index is -1.65. The zero-order valence-electron chi connectivity index (χ0n) is 18.4. The predicted molar refractivity (Wildman–Crippen MR) is 122 cm³/mol. The third-order valence-electron chi connectivity index (χ3n) is 4.63. The molecule has 0 aliphatic heterocycles. The van der Waals surface area contributed by atoms with E-state index in [-0.39, 0.29) is 6.42 Å². The topological polar surface area (TPSA) is 188 Å². The Morgan fingerprint density at radius 2 is 1.55 bits per heavy atom. The third kappa shape index (κ3) is 10.4. The molecule has 1 rings (SSSR count). The lowest BCUT2D eigenvalue weighted by molar-refractivity contribution is -0.147. The Morgan fingerprint density at radius 1 is 0.939 bits per heavy atom. The van der Waals surface area contributed by atoms with Gasteiger partial charge in [-0.15, -0.1) is 0 Å². The van der Waals surface area contributed by atoms with Gasteiger partial charge in [0.1, 0.15) is 18.1 Å². The van der Waals surface area contributed by atoms with E-state index in [1.54, 1.807) is 30.3 Å². The Morgan fingerprint density at radius 3 is 2.09 bits per heavy atom. The number of thioether (sulfide) groups is 1. The van der Waals surface area contributed by atoms with Gasteiger partial charge in [-0.1, -0.05) is 30.3 Å². The second-order valence-corrected chi connectivity index (χ2v) is 8.35. The Balaban J connectivity index is 2.88. The second-order valence-electron chi connectivity index (χ2n) is 7.37. The van der Waals surface area contributed by atoms with Crippen molar-refractivity contribution in [2.75, 3.05) is 12.0 Å². The van der Waals surface area contributed by atoms with Crippen molar-refractivity contribution in [1.29, 1.82) is 0 Å². The molecule has 33 heavy (non-hydrogen) atoms. The summed E-state index contributed by atoms with van der Waals surface area (Å²) in [5, 5.41) is 25.0. The first-order chi connectivity index (χ1) is 15.5. The van der Waals surface area contributed by atoms with Gasteiger partial charge in [0.2, 0.25) is 17.7 Å². The minimum Gasteiger partial charge on any atom is -0.481 e. The maximum atomic E-state index is 12.9. The highest BCUT2D eigenvalue weighted by Gasteiger charge is 2.29. The molecule has 182 valence electrons. The van der Waals surface area contributed by atoms with E-state index in [9.17, 15) is 24.0 Å². The molecule has 3 amide bonds. The Bertz CT molecular complexity index is 837. The summed E-state index contributed by atoms with van der Waals surface area (Å²) in [6.07, 6.45) is 1.63. The van der Waals surface area contributed by atoms with Crippen LogP contribution in [0.3, 0.4) is 0 Å². The molecule has 0 radical (unpaired) electrons. The summed E-state index contributed by atoms with van der Waals surface area (Å²) in [6.45, 7) is 1.32. The normalized spacial score (nSPS) is 14.3. The zero-order chi connectivity index (χ0) is 25.0. The lowest BCUT2D eigenvalue weighted by Crippen LogP contribution is -2.57. The van der Waals surface area contributed by atoms with E-state index in [2.05, 4.69) is 16.0 Å². The molecule has 0 heterocycles. The van der Waals surface area contributed by atoms with E-state index in [1.165, 1.54) is 18.7 Å². The van der Waals surface area contributed by atoms with Gasteiger partial charge in [0.25, 0.3) is 0 Å². The van der Waals surface area contributed by atoms with E-state index in [0.29, 0.717) is 12.2 Å². The molecular formula is C21H30N4O7S. The highest BCUT2D eigenvalue weighted by Crippen LogP contribution is 2.06. The number of carbonyl (C=O) groups excluding carboxylic acids is 3. The summed E-state index contributed by atoms with van der Waals surface area (Å²) in [5.41, 5.74) is 6.66. The number of hydrogen-bond acceptors (Lipinski definition) is 7. The van der Waals surface area contributed by atoms with E-state index in [1.807, 2.05) is 6.26 Å². The van der Waals surface area contributed by atoms with E-state index >= 15 is 0 Å². The molecule has 1 aromatic rings. The molecule has 0 bridgehead atoms. The number of amides is 3. The van der Waals surface area contributed by atoms with Crippen LogP contribution in [-0.4, -0.2) is 76.0 Å². The van der Waals surface area contributed by atoms with Gasteiger partial charge in [0.05, 0.1) is 12.5 Å². The van der Waals surface area contributed by atoms with Crippen molar-refractivity contribution in [3.05, 3.63) is 35.9 Å². The van der Waals surface area contributed by atoms with Crippen LogP contribution in [-0.2, 0) is 30.4 Å². The van der Waals surface area contributed by atoms with Crippen molar-refractivity contribution in [2.24, 2.45) is 5.73 Å². The summed E-state index contributed by atoms with van der Waals surface area (Å²) in [6, 6.07) is 4.23. The minimum absolute atomic E-state index is 0.138. The summed E-state index contributed by atoms with van der Waals surface area (Å²) < 4.78 is 0. The maximum Gasteiger partial charge on any atom is 0.326 e. The molecule has 0 aliphatic carbocycles. The third-order valence-corrected chi connectivity index (χ3v) is 5.27. The molecule has 0 aromatic heterocycles. The number of carbonyl (C=O) groups is 5. The summed E-state index contributed by atoms with van der Waals surface area (Å²) >= 11 is 1.53. The van der Waals surface area contributed by atoms with Crippen LogP contribution < -0.4 is 21.7 Å². The lowest BCUT2D eigenvalue weighted by Gasteiger charge is -2.23. The molecule has 1 aromatic carbocycles. The van der Waals surface area contributed by atoms with Crippen molar-refractivity contribution in [2.45, 2.75) is 50.4 Å². The molecule has 0 saturated heterocycles. The molecule has 4 atom stereocenters. The number of benzene rings is 1. The van der Waals surface area contributed by atoms with Crippen LogP contribution >= 0.6 is 11.8 Å². The highest BCUT2D eigenvalue weighted by molar-refractivity contribution is 7.98. The van der Waals surface area contributed by atoms with Crippen LogP contribution in [0.1, 0.15) is 25.3 Å². The van der Waals surface area contributed by atoms with Gasteiger partial charge in [-0.3, -0.25) is 19.2 Å². The SMILES string of the molecule is CSCCC(N)C(=O)NC(Cc1ccccc1)C(=O)NC(C)C(=O)NC(CC(=O)O)C(=O)O. The van der Waals surface area contributed by atoms with Crippen LogP contribution in [0.5, 0.6) is 0 Å². The van der Waals surface area contributed by atoms with Gasteiger partial charge in [-0.2, -0.15) is 11.8 Å². The largest absolute Gasteiger partial charge is 0.481 e. The van der Waals surface area contributed by atoms with Crippen molar-refractivity contribution in [3.8, 4) is 0 Å². The number of carboxylic acids is 2. The first kappa shape index (κ1) is 27.9. The summed E-state index contributed by atoms with van der Waals surface area (Å²) in [4.78, 5) is 59.6. The molecule has 0 aliphatic rings. The van der Waals surface area contributed by atoms with E-state index in [4.69, 9.17) is 15.9 Å². The fraction of sp³-hybridized carbons (Fsp3) is 0.476. The zero-order valence-corrected chi connectivity index (χ0v) is 19.3. The van der Waals surface area contributed by atoms with Gasteiger partial charge in [0.15, 0.2) is 0 Å². The van der Waals surface area contributed by atoms with Crippen molar-refractivity contribution in [3.63, 3.8) is 0 Å². The van der Waals surface area contributed by atoms with Crippen LogP contribution in [0.15, 0.2) is 30.3 Å². The molecule has 0 spiro atoms. The quantitative estimate of drug-likeness (QED) is 0.200. The number of nitrogens with one attached hydrogen (secondary N) is 3. The smallest absolute Gasteiger partial charge is 0.326 e. The summed E-state index contributed by atoms with van der Waals surface area (Å²) in [7, 11) is 0. The fourth-order valence-corrected chi connectivity index (χ4v) is 3.25. The number of nitrogens with two attached hydrogens (primary N) is 1. The Hall–Kier alpha value is -3.12.